The van der Waals surface area contributed by atoms with Gasteiger partial charge in [0.05, 0.1) is 5.69 Å². The molecule has 0 spiro atoms. The highest BCUT2D eigenvalue weighted by molar-refractivity contribution is 7.15. The first-order chi connectivity index (χ1) is 9.02. The summed E-state index contributed by atoms with van der Waals surface area (Å²) in [6.07, 6.45) is 5.29. The molecule has 0 atom stereocenters. The maximum absolute atomic E-state index is 5.85. The molecule has 1 heterocycles. The van der Waals surface area contributed by atoms with Crippen LogP contribution in [0.1, 0.15) is 62.9 Å². The Morgan fingerprint density at radius 1 is 1.32 bits per heavy atom. The number of nitrogens with zero attached hydrogens (tertiary/aromatic N) is 2. The highest BCUT2D eigenvalue weighted by Crippen LogP contribution is 2.34. The van der Waals surface area contributed by atoms with Crippen molar-refractivity contribution in [1.82, 2.24) is 4.98 Å². The van der Waals surface area contributed by atoms with Crippen LogP contribution >= 0.6 is 11.3 Å². The molecule has 1 aromatic heterocycles. The fourth-order valence-corrected chi connectivity index (χ4v) is 4.01. The lowest BCUT2D eigenvalue weighted by atomic mass is 9.87. The van der Waals surface area contributed by atoms with Crippen LogP contribution in [0.3, 0.4) is 0 Å². The summed E-state index contributed by atoms with van der Waals surface area (Å²) in [5.74, 6) is 1.36. The maximum Gasteiger partial charge on any atom is 0.185 e. The molecule has 3 nitrogen and oxygen atoms in total. The molecule has 0 radical (unpaired) electrons. The van der Waals surface area contributed by atoms with Crippen molar-refractivity contribution >= 4 is 16.5 Å². The van der Waals surface area contributed by atoms with E-state index in [4.69, 9.17) is 10.7 Å². The van der Waals surface area contributed by atoms with Crippen molar-refractivity contribution in [3.8, 4) is 0 Å². The molecule has 1 fully saturated rings. The summed E-state index contributed by atoms with van der Waals surface area (Å²) >= 11 is 1.78. The van der Waals surface area contributed by atoms with Crippen molar-refractivity contribution in [1.29, 1.82) is 0 Å². The molecule has 1 saturated carbocycles. The second kappa shape index (κ2) is 6.23. The molecule has 0 amide bonds. The van der Waals surface area contributed by atoms with E-state index in [0.717, 1.165) is 11.0 Å². The normalized spacial score (nSPS) is 23.9. The highest BCUT2D eigenvalue weighted by Gasteiger charge is 2.24. The van der Waals surface area contributed by atoms with Gasteiger partial charge in [0.2, 0.25) is 0 Å². The molecule has 1 aliphatic carbocycles. The minimum atomic E-state index is 0.461. The number of aromatic nitrogens is 1. The van der Waals surface area contributed by atoms with Gasteiger partial charge >= 0.3 is 0 Å². The van der Waals surface area contributed by atoms with Crippen molar-refractivity contribution in [2.24, 2.45) is 11.7 Å². The van der Waals surface area contributed by atoms with E-state index in [2.05, 4.69) is 32.7 Å². The zero-order valence-electron chi connectivity index (χ0n) is 12.6. The van der Waals surface area contributed by atoms with Crippen molar-refractivity contribution in [2.75, 3.05) is 11.9 Å². The highest BCUT2D eigenvalue weighted by atomic mass is 32.1. The van der Waals surface area contributed by atoms with E-state index in [-0.39, 0.29) is 0 Å². The summed E-state index contributed by atoms with van der Waals surface area (Å²) in [6.45, 7) is 7.37. The third-order valence-corrected chi connectivity index (χ3v) is 5.47. The average Bonchev–Trinajstić information content (AvgIpc) is 2.83. The molecule has 4 heteroatoms. The quantitative estimate of drug-likeness (QED) is 0.914. The van der Waals surface area contributed by atoms with Gasteiger partial charge in [0.1, 0.15) is 0 Å². The molecule has 0 bridgehead atoms. The first-order valence-electron chi connectivity index (χ1n) is 7.45. The number of rotatable bonds is 4. The summed E-state index contributed by atoms with van der Waals surface area (Å²) in [5, 5.41) is 1.16. The third kappa shape index (κ3) is 3.29. The molecule has 19 heavy (non-hydrogen) atoms. The molecule has 1 aromatic rings. The molecule has 0 aliphatic heterocycles. The van der Waals surface area contributed by atoms with Crippen LogP contribution in [-0.2, 0) is 6.54 Å². The third-order valence-electron chi connectivity index (χ3n) is 4.28. The van der Waals surface area contributed by atoms with Gasteiger partial charge in [-0.1, -0.05) is 20.8 Å². The summed E-state index contributed by atoms with van der Waals surface area (Å²) in [6, 6.07) is 0.660. The molecule has 0 aromatic carbocycles. The number of hydrogen-bond donors (Lipinski definition) is 1. The van der Waals surface area contributed by atoms with Crippen LogP contribution in [-0.4, -0.2) is 18.1 Å². The Labute approximate surface area is 121 Å². The van der Waals surface area contributed by atoms with Crippen LogP contribution < -0.4 is 10.6 Å². The van der Waals surface area contributed by atoms with Gasteiger partial charge in [-0.3, -0.25) is 0 Å². The van der Waals surface area contributed by atoms with Crippen LogP contribution in [0, 0.1) is 5.92 Å². The molecule has 0 saturated heterocycles. The van der Waals surface area contributed by atoms with Gasteiger partial charge in [-0.15, -0.1) is 11.3 Å². The van der Waals surface area contributed by atoms with E-state index in [1.807, 2.05) is 0 Å². The van der Waals surface area contributed by atoms with Crippen molar-refractivity contribution < 1.29 is 0 Å². The zero-order chi connectivity index (χ0) is 14.0. The van der Waals surface area contributed by atoms with E-state index in [1.165, 1.54) is 36.3 Å². The van der Waals surface area contributed by atoms with Crippen molar-refractivity contribution in [3.63, 3.8) is 0 Å². The first-order valence-corrected chi connectivity index (χ1v) is 8.27. The summed E-state index contributed by atoms with van der Waals surface area (Å²) < 4.78 is 0. The molecule has 108 valence electrons. The Morgan fingerprint density at radius 2 is 1.95 bits per heavy atom. The Kier molecular flexibility index (Phi) is 4.85. The predicted octanol–water partition coefficient (Wildman–Crippen LogP) is 3.74. The second-order valence-corrected chi connectivity index (χ2v) is 7.25. The van der Waals surface area contributed by atoms with Crippen LogP contribution in [0.5, 0.6) is 0 Å². The molecular formula is C15H27N3S. The Hall–Kier alpha value is -0.610. The lowest BCUT2D eigenvalue weighted by molar-refractivity contribution is 0.340. The predicted molar refractivity (Wildman–Crippen MR) is 83.9 cm³/mol. The van der Waals surface area contributed by atoms with Crippen LogP contribution in [0.15, 0.2) is 0 Å². The minimum Gasteiger partial charge on any atom is -0.348 e. The minimum absolute atomic E-state index is 0.461. The monoisotopic (exact) mass is 281 g/mol. The van der Waals surface area contributed by atoms with Gasteiger partial charge in [0.15, 0.2) is 5.13 Å². The van der Waals surface area contributed by atoms with Crippen molar-refractivity contribution in [2.45, 2.75) is 65.0 Å². The number of nitrogens with two attached hydrogens (primary N) is 1. The van der Waals surface area contributed by atoms with E-state index in [9.17, 15) is 0 Å². The van der Waals surface area contributed by atoms with E-state index < -0.39 is 0 Å². The lowest BCUT2D eigenvalue weighted by Crippen LogP contribution is -2.34. The zero-order valence-corrected chi connectivity index (χ0v) is 13.5. The second-order valence-electron chi connectivity index (χ2n) is 6.19. The molecule has 0 unspecified atom stereocenters. The maximum atomic E-state index is 5.85. The Balaban J connectivity index is 2.12. The van der Waals surface area contributed by atoms with Gasteiger partial charge in [-0.05, 0) is 37.5 Å². The molecule has 2 rings (SSSR count). The van der Waals surface area contributed by atoms with E-state index >= 15 is 0 Å². The van der Waals surface area contributed by atoms with E-state index in [0.29, 0.717) is 18.5 Å². The Bertz CT molecular complexity index is 406. The average molecular weight is 281 g/mol. The summed E-state index contributed by atoms with van der Waals surface area (Å²) in [5.41, 5.74) is 7.04. The van der Waals surface area contributed by atoms with E-state index in [1.54, 1.807) is 11.3 Å². The van der Waals surface area contributed by atoms with Crippen LogP contribution in [0.2, 0.25) is 0 Å². The number of hydrogen-bond acceptors (Lipinski definition) is 4. The number of thiazole rings is 1. The standard InChI is InChI=1S/C15H27N3S/c1-10(2)14-13(9-16)19-15(17-14)18(4)12-7-5-11(3)6-8-12/h10-12H,5-9,16H2,1-4H3. The Morgan fingerprint density at radius 3 is 2.42 bits per heavy atom. The largest absolute Gasteiger partial charge is 0.348 e. The molecule has 1 aliphatic rings. The summed E-state index contributed by atoms with van der Waals surface area (Å²) in [7, 11) is 2.20. The van der Waals surface area contributed by atoms with Gasteiger partial charge < -0.3 is 10.6 Å². The molecular weight excluding hydrogens is 254 g/mol. The smallest absolute Gasteiger partial charge is 0.185 e. The van der Waals surface area contributed by atoms with Gasteiger partial charge in [-0.2, -0.15) is 0 Å². The fraction of sp³-hybridized carbons (Fsp3) is 0.800. The summed E-state index contributed by atoms with van der Waals surface area (Å²) in [4.78, 5) is 8.48. The number of anilines is 1. The molecule has 2 N–H and O–H groups in total. The van der Waals surface area contributed by atoms with Crippen LogP contribution in [0.4, 0.5) is 5.13 Å². The van der Waals surface area contributed by atoms with Crippen LogP contribution in [0.25, 0.3) is 0 Å². The van der Waals surface area contributed by atoms with Gasteiger partial charge in [0, 0.05) is 24.5 Å². The first kappa shape index (κ1) is 14.8. The SMILES string of the molecule is CC1CCC(N(C)c2nc(C(C)C)c(CN)s2)CC1. The van der Waals surface area contributed by atoms with Crippen molar-refractivity contribution in [3.05, 3.63) is 10.6 Å². The fourth-order valence-electron chi connectivity index (χ4n) is 2.88. The lowest BCUT2D eigenvalue weighted by Gasteiger charge is -2.33. The van der Waals surface area contributed by atoms with Gasteiger partial charge in [-0.25, -0.2) is 4.98 Å². The topological polar surface area (TPSA) is 42.2 Å². The van der Waals surface area contributed by atoms with Gasteiger partial charge in [0.25, 0.3) is 0 Å².